The summed E-state index contributed by atoms with van der Waals surface area (Å²) in [5, 5.41) is 6.40. The molecule has 3 rings (SSSR count). The third-order valence-corrected chi connectivity index (χ3v) is 5.11. The summed E-state index contributed by atoms with van der Waals surface area (Å²) in [5.74, 6) is -0.130. The van der Waals surface area contributed by atoms with Gasteiger partial charge in [-0.1, -0.05) is 48.0 Å². The molecule has 0 radical (unpaired) electrons. The summed E-state index contributed by atoms with van der Waals surface area (Å²) in [7, 11) is 0. The van der Waals surface area contributed by atoms with Gasteiger partial charge in [0.25, 0.3) is 0 Å². The van der Waals surface area contributed by atoms with E-state index in [-0.39, 0.29) is 11.9 Å². The molecule has 1 heterocycles. The monoisotopic (exact) mass is 371 g/mol. The lowest BCUT2D eigenvalue weighted by Crippen LogP contribution is -2.59. The van der Waals surface area contributed by atoms with E-state index in [0.29, 0.717) is 30.2 Å². The van der Waals surface area contributed by atoms with Crippen LogP contribution in [0.25, 0.3) is 0 Å². The molecule has 5 nitrogen and oxygen atoms in total. The maximum Gasteiger partial charge on any atom is 0.322 e. The van der Waals surface area contributed by atoms with Crippen molar-refractivity contribution in [3.8, 4) is 0 Å². The Bertz CT molecular complexity index is 823. The molecule has 6 heteroatoms. The highest BCUT2D eigenvalue weighted by molar-refractivity contribution is 6.31. The number of carbonyl (C=O) groups is 2. The summed E-state index contributed by atoms with van der Waals surface area (Å²) < 4.78 is 0. The molecule has 3 amide bonds. The van der Waals surface area contributed by atoms with E-state index in [2.05, 4.69) is 10.6 Å². The quantitative estimate of drug-likeness (QED) is 0.867. The zero-order chi connectivity index (χ0) is 18.7. The van der Waals surface area contributed by atoms with Crippen LogP contribution in [0.3, 0.4) is 0 Å². The highest BCUT2D eigenvalue weighted by Crippen LogP contribution is 2.27. The van der Waals surface area contributed by atoms with Crippen molar-refractivity contribution in [1.29, 1.82) is 0 Å². The van der Waals surface area contributed by atoms with Crippen LogP contribution < -0.4 is 10.6 Å². The number of aryl methyl sites for hydroxylation is 1. The van der Waals surface area contributed by atoms with Crippen LogP contribution >= 0.6 is 11.6 Å². The van der Waals surface area contributed by atoms with Gasteiger partial charge in [-0.05, 0) is 36.6 Å². The van der Waals surface area contributed by atoms with Crippen molar-refractivity contribution in [1.82, 2.24) is 10.2 Å². The number of halogens is 1. The number of benzene rings is 2. The second-order valence-corrected chi connectivity index (χ2v) is 6.89. The van der Waals surface area contributed by atoms with E-state index in [9.17, 15) is 9.59 Å². The first-order chi connectivity index (χ1) is 12.5. The Labute approximate surface area is 158 Å². The maximum absolute atomic E-state index is 12.9. The second-order valence-electron chi connectivity index (χ2n) is 6.48. The molecule has 136 valence electrons. The van der Waals surface area contributed by atoms with Crippen LogP contribution in [0.15, 0.2) is 42.5 Å². The molecule has 2 aromatic carbocycles. The highest BCUT2D eigenvalue weighted by atomic mass is 35.5. The lowest BCUT2D eigenvalue weighted by Gasteiger charge is -2.35. The summed E-state index contributed by atoms with van der Waals surface area (Å²) in [4.78, 5) is 26.9. The summed E-state index contributed by atoms with van der Waals surface area (Å²) >= 11 is 6.19. The standard InChI is InChI=1S/C20H22ClN3O2/c1-13-8-9-16(21)14(2)18(13)23-20(26)24-11-10-22-19(25)17(24)12-15-6-4-3-5-7-15/h3-9,17H,10-12H2,1-2H3,(H,22,25)(H,23,26). The van der Waals surface area contributed by atoms with Crippen LogP contribution in [0.5, 0.6) is 0 Å². The number of amides is 3. The van der Waals surface area contributed by atoms with E-state index >= 15 is 0 Å². The molecule has 0 aliphatic carbocycles. The van der Waals surface area contributed by atoms with Gasteiger partial charge in [-0.3, -0.25) is 4.79 Å². The molecule has 0 aromatic heterocycles. The molecular formula is C20H22ClN3O2. The Morgan fingerprint density at radius 1 is 1.23 bits per heavy atom. The van der Waals surface area contributed by atoms with Gasteiger partial charge in [0, 0.05) is 30.2 Å². The van der Waals surface area contributed by atoms with Gasteiger partial charge in [-0.25, -0.2) is 4.79 Å². The van der Waals surface area contributed by atoms with Gasteiger partial charge in [0.2, 0.25) is 5.91 Å². The second kappa shape index (κ2) is 7.79. The zero-order valence-electron chi connectivity index (χ0n) is 14.9. The minimum absolute atomic E-state index is 0.130. The molecule has 1 aliphatic heterocycles. The average molecular weight is 372 g/mol. The molecule has 0 saturated carbocycles. The number of rotatable bonds is 3. The third kappa shape index (κ3) is 3.83. The van der Waals surface area contributed by atoms with E-state index in [1.807, 2.05) is 56.3 Å². The summed E-state index contributed by atoms with van der Waals surface area (Å²) in [6, 6.07) is 12.6. The summed E-state index contributed by atoms with van der Waals surface area (Å²) in [6.45, 7) is 4.71. The predicted molar refractivity (Wildman–Crippen MR) is 104 cm³/mol. The van der Waals surface area contributed by atoms with Crippen molar-refractivity contribution in [2.75, 3.05) is 18.4 Å². The number of nitrogens with zero attached hydrogens (tertiary/aromatic N) is 1. The Hall–Kier alpha value is -2.53. The molecule has 2 aromatic rings. The van der Waals surface area contributed by atoms with Gasteiger partial charge < -0.3 is 15.5 Å². The Kier molecular flexibility index (Phi) is 5.47. The van der Waals surface area contributed by atoms with Gasteiger partial charge in [0.15, 0.2) is 0 Å². The SMILES string of the molecule is Cc1ccc(Cl)c(C)c1NC(=O)N1CCNC(=O)C1Cc1ccccc1. The number of urea groups is 1. The first kappa shape index (κ1) is 18.3. The van der Waals surface area contributed by atoms with E-state index in [0.717, 1.165) is 16.7 Å². The molecule has 1 saturated heterocycles. The first-order valence-electron chi connectivity index (χ1n) is 8.62. The van der Waals surface area contributed by atoms with Crippen LogP contribution in [0.4, 0.5) is 10.5 Å². The molecule has 26 heavy (non-hydrogen) atoms. The summed E-state index contributed by atoms with van der Waals surface area (Å²) in [6.07, 6.45) is 0.480. The van der Waals surface area contributed by atoms with Crippen molar-refractivity contribution in [2.24, 2.45) is 0 Å². The van der Waals surface area contributed by atoms with Gasteiger partial charge in [-0.15, -0.1) is 0 Å². The largest absolute Gasteiger partial charge is 0.353 e. The van der Waals surface area contributed by atoms with E-state index in [1.165, 1.54) is 0 Å². The van der Waals surface area contributed by atoms with Gasteiger partial charge in [0.1, 0.15) is 6.04 Å². The molecule has 0 bridgehead atoms. The van der Waals surface area contributed by atoms with Crippen molar-refractivity contribution < 1.29 is 9.59 Å². The third-order valence-electron chi connectivity index (χ3n) is 4.70. The van der Waals surface area contributed by atoms with Crippen molar-refractivity contribution in [3.63, 3.8) is 0 Å². The number of anilines is 1. The Morgan fingerprint density at radius 3 is 2.69 bits per heavy atom. The molecule has 0 spiro atoms. The fourth-order valence-electron chi connectivity index (χ4n) is 3.19. The fraction of sp³-hybridized carbons (Fsp3) is 0.300. The maximum atomic E-state index is 12.9. The lowest BCUT2D eigenvalue weighted by molar-refractivity contribution is -0.127. The van der Waals surface area contributed by atoms with Gasteiger partial charge in [-0.2, -0.15) is 0 Å². The van der Waals surface area contributed by atoms with Crippen molar-refractivity contribution >= 4 is 29.2 Å². The van der Waals surface area contributed by atoms with Crippen LogP contribution in [0, 0.1) is 13.8 Å². The number of carbonyl (C=O) groups excluding carboxylic acids is 2. The molecule has 1 fully saturated rings. The number of nitrogens with one attached hydrogen (secondary N) is 2. The zero-order valence-corrected chi connectivity index (χ0v) is 15.6. The fourth-order valence-corrected chi connectivity index (χ4v) is 3.35. The Morgan fingerprint density at radius 2 is 1.96 bits per heavy atom. The van der Waals surface area contributed by atoms with Crippen LogP contribution in [-0.2, 0) is 11.2 Å². The van der Waals surface area contributed by atoms with Gasteiger partial charge >= 0.3 is 6.03 Å². The number of hydrogen-bond acceptors (Lipinski definition) is 2. The molecule has 1 aliphatic rings. The molecular weight excluding hydrogens is 350 g/mol. The summed E-state index contributed by atoms with van der Waals surface area (Å²) in [5.41, 5.74) is 3.47. The first-order valence-corrected chi connectivity index (χ1v) is 9.00. The minimum atomic E-state index is -0.536. The van der Waals surface area contributed by atoms with Crippen LogP contribution in [-0.4, -0.2) is 36.0 Å². The highest BCUT2D eigenvalue weighted by Gasteiger charge is 2.33. The normalized spacial score (nSPS) is 17.0. The van der Waals surface area contributed by atoms with E-state index in [4.69, 9.17) is 11.6 Å². The van der Waals surface area contributed by atoms with Crippen molar-refractivity contribution in [3.05, 3.63) is 64.2 Å². The average Bonchev–Trinajstić information content (AvgIpc) is 2.64. The van der Waals surface area contributed by atoms with E-state index < -0.39 is 6.04 Å². The van der Waals surface area contributed by atoms with Crippen LogP contribution in [0.1, 0.15) is 16.7 Å². The molecule has 1 atom stereocenters. The lowest BCUT2D eigenvalue weighted by atomic mass is 10.0. The number of hydrogen-bond donors (Lipinski definition) is 2. The minimum Gasteiger partial charge on any atom is -0.353 e. The predicted octanol–water partition coefficient (Wildman–Crippen LogP) is 3.53. The molecule has 2 N–H and O–H groups in total. The van der Waals surface area contributed by atoms with Crippen LogP contribution in [0.2, 0.25) is 5.02 Å². The Balaban J connectivity index is 1.82. The van der Waals surface area contributed by atoms with Crippen molar-refractivity contribution in [2.45, 2.75) is 26.3 Å². The smallest absolute Gasteiger partial charge is 0.322 e. The number of piperazine rings is 1. The van der Waals surface area contributed by atoms with Gasteiger partial charge in [0.05, 0.1) is 0 Å². The molecule has 1 unspecified atom stereocenters. The topological polar surface area (TPSA) is 61.4 Å². The van der Waals surface area contributed by atoms with E-state index in [1.54, 1.807) is 4.90 Å².